The molecule has 0 nitrogen and oxygen atoms in total. The van der Waals surface area contributed by atoms with Crippen molar-refractivity contribution >= 4 is 80.4 Å². The number of hydrogen-bond acceptors (Lipinski definition) is 0. The standard InChI is InChI=1S/C10H2Cl6/c11-5-1-3-4(8(14)9(5)15)2-6(12)10(16)7(3)13/h1-2H. The highest BCUT2D eigenvalue weighted by molar-refractivity contribution is 6.54. The number of benzene rings is 2. The molecule has 0 N–H and O–H groups in total. The van der Waals surface area contributed by atoms with Gasteiger partial charge in [-0.3, -0.25) is 0 Å². The molecule has 0 aliphatic heterocycles. The highest BCUT2D eigenvalue weighted by atomic mass is 35.5. The fourth-order valence-electron chi connectivity index (χ4n) is 1.35. The van der Waals surface area contributed by atoms with Crippen molar-refractivity contribution in [3.05, 3.63) is 42.3 Å². The molecule has 0 radical (unpaired) electrons. The van der Waals surface area contributed by atoms with Crippen molar-refractivity contribution < 1.29 is 0 Å². The average molecular weight is 335 g/mol. The topological polar surface area (TPSA) is 0 Å². The number of hydrogen-bond donors (Lipinski definition) is 0. The van der Waals surface area contributed by atoms with E-state index in [4.69, 9.17) is 69.6 Å². The van der Waals surface area contributed by atoms with Crippen LogP contribution in [0.2, 0.25) is 30.1 Å². The minimum absolute atomic E-state index is 0.269. The lowest BCUT2D eigenvalue weighted by Crippen LogP contribution is -1.82. The summed E-state index contributed by atoms with van der Waals surface area (Å²) in [6.45, 7) is 0. The molecule has 2 aromatic rings. The number of rotatable bonds is 0. The Morgan fingerprint density at radius 3 is 1.12 bits per heavy atom. The molecular weight excluding hydrogens is 333 g/mol. The second-order valence-electron chi connectivity index (χ2n) is 3.07. The van der Waals surface area contributed by atoms with E-state index in [1.54, 1.807) is 12.1 Å². The molecule has 0 aliphatic carbocycles. The van der Waals surface area contributed by atoms with Gasteiger partial charge in [0, 0.05) is 10.8 Å². The van der Waals surface area contributed by atoms with Crippen LogP contribution in [0.15, 0.2) is 12.1 Å². The lowest BCUT2D eigenvalue weighted by Gasteiger charge is -2.09. The van der Waals surface area contributed by atoms with Gasteiger partial charge < -0.3 is 0 Å². The van der Waals surface area contributed by atoms with Gasteiger partial charge in [0.1, 0.15) is 0 Å². The zero-order chi connectivity index (χ0) is 12.0. The van der Waals surface area contributed by atoms with Crippen molar-refractivity contribution in [1.82, 2.24) is 0 Å². The Morgan fingerprint density at radius 1 is 0.500 bits per heavy atom. The van der Waals surface area contributed by atoms with Crippen molar-refractivity contribution in [2.45, 2.75) is 0 Å². The molecule has 0 bridgehead atoms. The highest BCUT2D eigenvalue weighted by Crippen LogP contribution is 2.43. The van der Waals surface area contributed by atoms with E-state index >= 15 is 0 Å². The molecule has 2 rings (SSSR count). The fraction of sp³-hybridized carbons (Fsp3) is 0. The van der Waals surface area contributed by atoms with E-state index in [0.717, 1.165) is 0 Å². The summed E-state index contributed by atoms with van der Waals surface area (Å²) in [5.41, 5.74) is 0. The van der Waals surface area contributed by atoms with E-state index in [1.165, 1.54) is 0 Å². The zero-order valence-corrected chi connectivity index (χ0v) is 12.0. The lowest BCUT2D eigenvalue weighted by atomic mass is 10.1. The number of fused-ring (bicyclic) bond motifs is 1. The van der Waals surface area contributed by atoms with Crippen molar-refractivity contribution in [3.63, 3.8) is 0 Å². The summed E-state index contributed by atoms with van der Waals surface area (Å²) in [5.74, 6) is 0. The van der Waals surface area contributed by atoms with E-state index in [1.807, 2.05) is 0 Å². The average Bonchev–Trinajstić information content (AvgIpc) is 2.25. The van der Waals surface area contributed by atoms with Gasteiger partial charge in [-0.25, -0.2) is 0 Å². The van der Waals surface area contributed by atoms with Crippen LogP contribution in [-0.2, 0) is 0 Å². The molecule has 0 spiro atoms. The molecule has 6 heteroatoms. The predicted molar refractivity (Wildman–Crippen MR) is 74.0 cm³/mol. The van der Waals surface area contributed by atoms with E-state index in [2.05, 4.69) is 0 Å². The molecule has 0 aromatic heterocycles. The molecule has 0 fully saturated rings. The van der Waals surface area contributed by atoms with Crippen LogP contribution in [0.5, 0.6) is 0 Å². The van der Waals surface area contributed by atoms with Crippen molar-refractivity contribution in [1.29, 1.82) is 0 Å². The summed E-state index contributed by atoms with van der Waals surface area (Å²) >= 11 is 35.7. The Hall–Kier alpha value is 0.440. The van der Waals surface area contributed by atoms with Gasteiger partial charge in [0.2, 0.25) is 0 Å². The summed E-state index contributed by atoms with van der Waals surface area (Å²) in [7, 11) is 0. The first-order valence-corrected chi connectivity index (χ1v) is 6.31. The maximum absolute atomic E-state index is 6.05. The summed E-state index contributed by atoms with van der Waals surface area (Å²) in [5, 5.41) is 3.04. The van der Waals surface area contributed by atoms with Gasteiger partial charge in [0.25, 0.3) is 0 Å². The summed E-state index contributed by atoms with van der Waals surface area (Å²) < 4.78 is 0. The van der Waals surface area contributed by atoms with E-state index in [9.17, 15) is 0 Å². The summed E-state index contributed by atoms with van der Waals surface area (Å²) in [4.78, 5) is 0. The van der Waals surface area contributed by atoms with Gasteiger partial charge in [-0.2, -0.15) is 0 Å². The van der Waals surface area contributed by atoms with E-state index in [-0.39, 0.29) is 10.0 Å². The molecule has 2 aromatic carbocycles. The fourth-order valence-corrected chi connectivity index (χ4v) is 2.68. The monoisotopic (exact) mass is 332 g/mol. The van der Waals surface area contributed by atoms with Crippen LogP contribution in [0.4, 0.5) is 0 Å². The molecule has 16 heavy (non-hydrogen) atoms. The van der Waals surface area contributed by atoms with Crippen LogP contribution < -0.4 is 0 Å². The van der Waals surface area contributed by atoms with Gasteiger partial charge in [-0.15, -0.1) is 0 Å². The van der Waals surface area contributed by atoms with Gasteiger partial charge in [-0.05, 0) is 12.1 Å². The second-order valence-corrected chi connectivity index (χ2v) is 5.39. The first kappa shape index (κ1) is 12.9. The Labute approximate surface area is 122 Å². The predicted octanol–water partition coefficient (Wildman–Crippen LogP) is 6.76. The van der Waals surface area contributed by atoms with Crippen molar-refractivity contribution in [2.24, 2.45) is 0 Å². The molecule has 0 heterocycles. The van der Waals surface area contributed by atoms with Crippen molar-refractivity contribution in [3.8, 4) is 0 Å². The molecule has 0 saturated heterocycles. The number of halogens is 6. The van der Waals surface area contributed by atoms with Gasteiger partial charge in [-0.1, -0.05) is 69.6 Å². The van der Waals surface area contributed by atoms with Gasteiger partial charge >= 0.3 is 0 Å². The van der Waals surface area contributed by atoms with E-state index < -0.39 is 0 Å². The molecule has 0 amide bonds. The Balaban J connectivity index is 3.02. The molecule has 0 aliphatic rings. The minimum atomic E-state index is 0.269. The molecule has 0 unspecified atom stereocenters. The quantitative estimate of drug-likeness (QED) is 0.467. The SMILES string of the molecule is Clc1cc2c(Cl)c(Cl)c(Cl)cc2c(Cl)c1Cl. The summed E-state index contributed by atoms with van der Waals surface area (Å²) in [6.07, 6.45) is 0. The molecular formula is C10H2Cl6. The van der Waals surface area contributed by atoms with Crippen LogP contribution in [0.1, 0.15) is 0 Å². The van der Waals surface area contributed by atoms with Crippen LogP contribution >= 0.6 is 69.6 Å². The lowest BCUT2D eigenvalue weighted by molar-refractivity contribution is 1.73. The smallest absolute Gasteiger partial charge is 0.0785 e. The maximum Gasteiger partial charge on any atom is 0.0785 e. The third kappa shape index (κ3) is 1.96. The van der Waals surface area contributed by atoms with Crippen LogP contribution in [-0.4, -0.2) is 0 Å². The Morgan fingerprint density at radius 2 is 0.812 bits per heavy atom. The molecule has 84 valence electrons. The van der Waals surface area contributed by atoms with Crippen LogP contribution in [0.25, 0.3) is 10.8 Å². The van der Waals surface area contributed by atoms with Crippen LogP contribution in [0.3, 0.4) is 0 Å². The normalized spacial score (nSPS) is 11.1. The second kappa shape index (κ2) is 4.61. The van der Waals surface area contributed by atoms with Gasteiger partial charge in [0.05, 0.1) is 30.1 Å². The zero-order valence-electron chi connectivity index (χ0n) is 7.42. The van der Waals surface area contributed by atoms with Crippen LogP contribution in [0, 0.1) is 0 Å². The first-order valence-electron chi connectivity index (χ1n) is 4.04. The third-order valence-electron chi connectivity index (χ3n) is 2.11. The molecule has 0 atom stereocenters. The largest absolute Gasteiger partial charge is 0.0826 e. The third-order valence-corrected chi connectivity index (χ3v) is 4.66. The highest BCUT2D eigenvalue weighted by Gasteiger charge is 2.15. The first-order chi connectivity index (χ1) is 7.43. The Bertz CT molecular complexity index is 537. The van der Waals surface area contributed by atoms with Gasteiger partial charge in [0.15, 0.2) is 0 Å². The maximum atomic E-state index is 6.05. The molecule has 0 saturated carbocycles. The Kier molecular flexibility index (Phi) is 3.71. The van der Waals surface area contributed by atoms with E-state index in [0.29, 0.717) is 30.9 Å². The summed E-state index contributed by atoms with van der Waals surface area (Å²) in [6, 6.07) is 3.21. The van der Waals surface area contributed by atoms with Crippen molar-refractivity contribution in [2.75, 3.05) is 0 Å². The minimum Gasteiger partial charge on any atom is -0.0826 e.